The summed E-state index contributed by atoms with van der Waals surface area (Å²) in [6.45, 7) is 4.13. The molecule has 0 bridgehead atoms. The molecular weight excluding hydrogens is 530 g/mol. The van der Waals surface area contributed by atoms with Crippen LogP contribution in [0.15, 0.2) is 72.1 Å². The molecule has 2 saturated heterocycles. The fraction of sp³-hybridized carbons (Fsp3) is 0.333. The van der Waals surface area contributed by atoms with Gasteiger partial charge < -0.3 is 19.8 Å². The van der Waals surface area contributed by atoms with Crippen molar-refractivity contribution in [3.63, 3.8) is 0 Å². The molecular formula is C30H31N3O6S. The molecule has 2 fully saturated rings. The van der Waals surface area contributed by atoms with E-state index in [0.717, 1.165) is 10.4 Å². The number of rotatable bonds is 8. The summed E-state index contributed by atoms with van der Waals surface area (Å²) in [5.74, 6) is -0.431. The Labute approximate surface area is 236 Å². The third-order valence-corrected chi connectivity index (χ3v) is 7.98. The zero-order chi connectivity index (χ0) is 28.2. The van der Waals surface area contributed by atoms with Crippen molar-refractivity contribution in [1.29, 1.82) is 0 Å². The minimum absolute atomic E-state index is 0.126. The maximum atomic E-state index is 13.7. The number of hydrogen-bond donors (Lipinski definition) is 1. The molecule has 2 aromatic carbocycles. The van der Waals surface area contributed by atoms with Gasteiger partial charge in [0, 0.05) is 17.0 Å². The molecule has 0 spiro atoms. The average molecular weight is 562 g/mol. The molecule has 3 atom stereocenters. The number of benzene rings is 2. The molecule has 2 aliphatic heterocycles. The monoisotopic (exact) mass is 561 g/mol. The molecule has 0 saturated carbocycles. The van der Waals surface area contributed by atoms with Crippen LogP contribution < -0.4 is 10.1 Å². The summed E-state index contributed by atoms with van der Waals surface area (Å²) in [6, 6.07) is 17.7. The fourth-order valence-electron chi connectivity index (χ4n) is 5.24. The summed E-state index contributed by atoms with van der Waals surface area (Å²) >= 11 is 1.62. The number of hydrogen-bond acceptors (Lipinski definition) is 8. The molecule has 1 N–H and O–H groups in total. The quantitative estimate of drug-likeness (QED) is 0.318. The highest BCUT2D eigenvalue weighted by atomic mass is 32.1. The molecule has 0 radical (unpaired) electrons. The van der Waals surface area contributed by atoms with Crippen molar-refractivity contribution < 1.29 is 28.8 Å². The normalized spacial score (nSPS) is 19.4. The van der Waals surface area contributed by atoms with E-state index in [2.05, 4.69) is 5.32 Å². The molecule has 2 amide bonds. The van der Waals surface area contributed by atoms with Crippen molar-refractivity contribution in [2.24, 2.45) is 5.92 Å². The van der Waals surface area contributed by atoms with Crippen LogP contribution in [-0.4, -0.2) is 64.9 Å². The second-order valence-electron chi connectivity index (χ2n) is 10.3. The topological polar surface area (TPSA) is 105 Å². The lowest BCUT2D eigenvalue weighted by Gasteiger charge is -2.29. The third kappa shape index (κ3) is 6.08. The van der Waals surface area contributed by atoms with Crippen molar-refractivity contribution in [3.05, 3.63) is 77.7 Å². The first-order valence-electron chi connectivity index (χ1n) is 13.3. The van der Waals surface area contributed by atoms with E-state index in [-0.39, 0.29) is 30.1 Å². The zero-order valence-electron chi connectivity index (χ0n) is 22.3. The van der Waals surface area contributed by atoms with Gasteiger partial charge in [0.25, 0.3) is 5.91 Å². The van der Waals surface area contributed by atoms with Crippen molar-refractivity contribution >= 4 is 35.1 Å². The lowest BCUT2D eigenvalue weighted by atomic mass is 10.0. The Hall–Kier alpha value is -4.02. The number of nitrogens with zero attached hydrogens (tertiary/aromatic N) is 2. The van der Waals surface area contributed by atoms with Crippen molar-refractivity contribution in [2.45, 2.75) is 44.8 Å². The molecule has 3 aromatic rings. The first kappa shape index (κ1) is 27.5. The number of hydroxylamine groups is 2. The Balaban J connectivity index is 1.24. The summed E-state index contributed by atoms with van der Waals surface area (Å²) < 4.78 is 5.19. The van der Waals surface area contributed by atoms with Gasteiger partial charge in [0.05, 0.1) is 12.6 Å². The van der Waals surface area contributed by atoms with E-state index >= 15 is 0 Å². The van der Waals surface area contributed by atoms with E-state index < -0.39 is 24.3 Å². The van der Waals surface area contributed by atoms with Gasteiger partial charge in [-0.25, -0.2) is 4.79 Å². The van der Waals surface area contributed by atoms with Crippen LogP contribution in [0, 0.1) is 5.92 Å². The van der Waals surface area contributed by atoms with Crippen molar-refractivity contribution in [2.75, 3.05) is 13.1 Å². The van der Waals surface area contributed by atoms with Crippen molar-refractivity contribution in [1.82, 2.24) is 15.3 Å². The van der Waals surface area contributed by atoms with E-state index in [1.165, 1.54) is 9.96 Å². The number of para-hydroxylation sites is 1. The number of ether oxygens (including phenoxy) is 1. The van der Waals surface area contributed by atoms with Gasteiger partial charge in [0.15, 0.2) is 5.78 Å². The summed E-state index contributed by atoms with van der Waals surface area (Å²) in [5, 5.41) is 6.20. The maximum absolute atomic E-state index is 13.7. The Morgan fingerprint density at radius 2 is 1.77 bits per heavy atom. The highest BCUT2D eigenvalue weighted by Crippen LogP contribution is 2.31. The van der Waals surface area contributed by atoms with Gasteiger partial charge in [-0.15, -0.1) is 16.4 Å². The number of fused-ring (bicyclic) bond motifs is 1. The van der Waals surface area contributed by atoms with Crippen LogP contribution in [0.2, 0.25) is 0 Å². The Kier molecular flexibility index (Phi) is 8.27. The van der Waals surface area contributed by atoms with E-state index in [1.54, 1.807) is 53.8 Å². The standard InChI is InChI=1S/C30H31N3O6S/c1-19(2)17-23(31-28(35)21-12-10-20(11-13-21)26-9-6-16-40-26)29(36)32-15-14-24-27(32)25(34)18-33(24)39-30(37)38-22-7-4-3-5-8-22/h3-13,16,19,23-24,27H,14-15,17-18H2,1-2H3,(H,31,35). The largest absolute Gasteiger partial charge is 0.533 e. The van der Waals surface area contributed by atoms with Crippen LogP contribution in [0.1, 0.15) is 37.0 Å². The van der Waals surface area contributed by atoms with Gasteiger partial charge in [-0.05, 0) is 60.0 Å². The fourth-order valence-corrected chi connectivity index (χ4v) is 5.97. The first-order valence-corrected chi connectivity index (χ1v) is 14.2. The molecule has 1 aromatic heterocycles. The van der Waals surface area contributed by atoms with Crippen LogP contribution in [0.25, 0.3) is 10.4 Å². The lowest BCUT2D eigenvalue weighted by molar-refractivity contribution is -0.138. The first-order chi connectivity index (χ1) is 19.3. The molecule has 2 aliphatic rings. The van der Waals surface area contributed by atoms with Crippen LogP contribution in [0.3, 0.4) is 0 Å². The van der Waals surface area contributed by atoms with Gasteiger partial charge in [0.2, 0.25) is 5.91 Å². The maximum Gasteiger partial charge on any atom is 0.533 e. The molecule has 3 heterocycles. The lowest BCUT2D eigenvalue weighted by Crippen LogP contribution is -2.52. The summed E-state index contributed by atoms with van der Waals surface area (Å²) in [7, 11) is 0. The van der Waals surface area contributed by atoms with E-state index in [0.29, 0.717) is 30.7 Å². The van der Waals surface area contributed by atoms with Crippen LogP contribution in [0.4, 0.5) is 4.79 Å². The minimum atomic E-state index is -0.945. The smallest absolute Gasteiger partial charge is 0.394 e. The number of ketones is 1. The molecule has 9 nitrogen and oxygen atoms in total. The summed E-state index contributed by atoms with van der Waals surface area (Å²) in [4.78, 5) is 60.2. The number of thiophene rings is 1. The highest BCUT2D eigenvalue weighted by Gasteiger charge is 2.52. The second kappa shape index (κ2) is 12.0. The number of likely N-dealkylation sites (tertiary alicyclic amines) is 1. The van der Waals surface area contributed by atoms with E-state index in [9.17, 15) is 19.2 Å². The molecule has 208 valence electrons. The molecule has 10 heteroatoms. The Morgan fingerprint density at radius 1 is 1.02 bits per heavy atom. The SMILES string of the molecule is CC(C)CC(NC(=O)c1ccc(-c2cccs2)cc1)C(=O)N1CCC2C1C(=O)CN2OC(=O)Oc1ccccc1. The van der Waals surface area contributed by atoms with Gasteiger partial charge in [-0.2, -0.15) is 0 Å². The number of amides is 2. The number of carbonyl (C=O) groups excluding carboxylic acids is 4. The summed E-state index contributed by atoms with van der Waals surface area (Å²) in [5.41, 5.74) is 1.47. The van der Waals surface area contributed by atoms with Crippen LogP contribution >= 0.6 is 11.3 Å². The molecule has 0 aliphatic carbocycles. The Morgan fingerprint density at radius 3 is 2.45 bits per heavy atom. The second-order valence-corrected chi connectivity index (χ2v) is 11.3. The summed E-state index contributed by atoms with van der Waals surface area (Å²) in [6.07, 6.45) is -0.0731. The average Bonchev–Trinajstić information content (AvgIpc) is 3.68. The Bertz CT molecular complexity index is 1360. The predicted octanol–water partition coefficient (Wildman–Crippen LogP) is 4.54. The van der Waals surface area contributed by atoms with Crippen LogP contribution in [-0.2, 0) is 14.4 Å². The molecule has 40 heavy (non-hydrogen) atoms. The van der Waals surface area contributed by atoms with Crippen LogP contribution in [0.5, 0.6) is 5.75 Å². The van der Waals surface area contributed by atoms with Gasteiger partial charge in [-0.3, -0.25) is 14.4 Å². The van der Waals surface area contributed by atoms with Gasteiger partial charge in [-0.1, -0.05) is 50.2 Å². The highest BCUT2D eigenvalue weighted by molar-refractivity contribution is 7.13. The third-order valence-electron chi connectivity index (χ3n) is 7.06. The van der Waals surface area contributed by atoms with Gasteiger partial charge >= 0.3 is 6.16 Å². The van der Waals surface area contributed by atoms with Gasteiger partial charge in [0.1, 0.15) is 17.8 Å². The minimum Gasteiger partial charge on any atom is -0.394 e. The molecule has 3 unspecified atom stereocenters. The number of carbonyl (C=O) groups is 4. The number of nitrogens with one attached hydrogen (secondary N) is 1. The molecule has 5 rings (SSSR count). The van der Waals surface area contributed by atoms with E-state index in [1.807, 2.05) is 43.5 Å². The van der Waals surface area contributed by atoms with E-state index in [4.69, 9.17) is 9.57 Å². The predicted molar refractivity (Wildman–Crippen MR) is 150 cm³/mol. The zero-order valence-corrected chi connectivity index (χ0v) is 23.1. The number of Topliss-reactive ketones (excluding diaryl/α,β-unsaturated/α-hetero) is 1. The van der Waals surface area contributed by atoms with Crippen molar-refractivity contribution in [3.8, 4) is 16.2 Å².